The lowest BCUT2D eigenvalue weighted by atomic mass is 10.2. The highest BCUT2D eigenvalue weighted by Crippen LogP contribution is 2.27. The lowest BCUT2D eigenvalue weighted by Crippen LogP contribution is -1.85. The fourth-order valence-electron chi connectivity index (χ4n) is 1.08. The Morgan fingerprint density at radius 1 is 1.23 bits per heavy atom. The van der Waals surface area contributed by atoms with Crippen LogP contribution in [-0.2, 0) is 0 Å². The molecule has 0 fully saturated rings. The van der Waals surface area contributed by atoms with E-state index in [9.17, 15) is 4.39 Å². The van der Waals surface area contributed by atoms with Gasteiger partial charge in [-0.15, -0.1) is 11.3 Å². The van der Waals surface area contributed by atoms with E-state index in [-0.39, 0.29) is 5.82 Å². The van der Waals surface area contributed by atoms with Gasteiger partial charge in [-0.05, 0) is 24.3 Å². The van der Waals surface area contributed by atoms with Crippen LogP contribution in [-0.4, -0.2) is 4.98 Å². The van der Waals surface area contributed by atoms with Crippen molar-refractivity contribution in [1.82, 2.24) is 4.98 Å². The molecule has 0 unspecified atom stereocenters. The third-order valence-corrected chi connectivity index (χ3v) is 2.37. The second-order valence-electron chi connectivity index (χ2n) is 2.57. The molecule has 0 spiro atoms. The highest BCUT2D eigenvalue weighted by atomic mass is 32.1. The molecule has 66 valence electrons. The normalized spacial score (nSPS) is 10.2. The Balaban J connectivity index is 2.47. The summed E-state index contributed by atoms with van der Waals surface area (Å²) in [6.45, 7) is 0. The summed E-state index contributed by atoms with van der Waals surface area (Å²) >= 11 is 1.38. The first kappa shape index (κ1) is 8.19. The predicted octanol–water partition coefficient (Wildman–Crippen LogP) is 2.53. The van der Waals surface area contributed by atoms with Crippen LogP contribution in [0.3, 0.4) is 0 Å². The maximum atomic E-state index is 12.6. The van der Waals surface area contributed by atoms with E-state index in [0.717, 1.165) is 11.3 Å². The zero-order chi connectivity index (χ0) is 9.26. The van der Waals surface area contributed by atoms with Crippen LogP contribution in [0.5, 0.6) is 0 Å². The minimum atomic E-state index is -0.252. The van der Waals surface area contributed by atoms with Gasteiger partial charge >= 0.3 is 0 Å². The van der Waals surface area contributed by atoms with Crippen LogP contribution >= 0.6 is 11.3 Å². The first-order valence-electron chi connectivity index (χ1n) is 3.72. The molecule has 1 aromatic carbocycles. The van der Waals surface area contributed by atoms with Crippen LogP contribution in [0.15, 0.2) is 29.8 Å². The van der Waals surface area contributed by atoms with E-state index in [1.54, 1.807) is 17.6 Å². The topological polar surface area (TPSA) is 38.9 Å². The van der Waals surface area contributed by atoms with Crippen LogP contribution in [0.2, 0.25) is 0 Å². The van der Waals surface area contributed by atoms with Crippen molar-refractivity contribution >= 4 is 16.3 Å². The van der Waals surface area contributed by atoms with Gasteiger partial charge in [0.25, 0.3) is 0 Å². The Labute approximate surface area is 78.9 Å². The van der Waals surface area contributed by atoms with Crippen molar-refractivity contribution in [2.75, 3.05) is 5.73 Å². The minimum Gasteiger partial charge on any atom is -0.389 e. The largest absolute Gasteiger partial charge is 0.389 e. The predicted molar refractivity (Wildman–Crippen MR) is 51.9 cm³/mol. The quantitative estimate of drug-likeness (QED) is 0.757. The summed E-state index contributed by atoms with van der Waals surface area (Å²) in [5.41, 5.74) is 8.92. The van der Waals surface area contributed by atoms with Gasteiger partial charge in [0.05, 0.1) is 5.51 Å². The Morgan fingerprint density at radius 2 is 1.92 bits per heavy atom. The maximum absolute atomic E-state index is 12.6. The summed E-state index contributed by atoms with van der Waals surface area (Å²) in [5, 5.41) is 0.659. The monoisotopic (exact) mass is 194 g/mol. The molecule has 0 atom stereocenters. The molecule has 0 saturated heterocycles. The molecule has 0 aliphatic rings. The molecular formula is C9H7FN2S. The zero-order valence-electron chi connectivity index (χ0n) is 6.70. The lowest BCUT2D eigenvalue weighted by molar-refractivity contribution is 0.628. The number of anilines is 1. The van der Waals surface area contributed by atoms with Crippen LogP contribution in [0, 0.1) is 5.82 Å². The molecule has 1 aromatic heterocycles. The number of nitrogen functional groups attached to an aromatic ring is 1. The fourth-order valence-corrected chi connectivity index (χ4v) is 1.63. The Kier molecular flexibility index (Phi) is 1.98. The van der Waals surface area contributed by atoms with Gasteiger partial charge in [0, 0.05) is 5.56 Å². The summed E-state index contributed by atoms with van der Waals surface area (Å²) in [5.74, 6) is -0.252. The number of aromatic nitrogens is 1. The molecule has 2 N–H and O–H groups in total. The van der Waals surface area contributed by atoms with Crippen molar-refractivity contribution in [2.24, 2.45) is 0 Å². The number of nitrogens with zero attached hydrogens (tertiary/aromatic N) is 1. The molecule has 13 heavy (non-hydrogen) atoms. The van der Waals surface area contributed by atoms with Gasteiger partial charge in [0.2, 0.25) is 0 Å². The molecule has 0 aliphatic heterocycles. The van der Waals surface area contributed by atoms with E-state index in [1.807, 2.05) is 0 Å². The Morgan fingerprint density at radius 3 is 2.46 bits per heavy atom. The van der Waals surface area contributed by atoms with Gasteiger partial charge in [-0.2, -0.15) is 0 Å². The van der Waals surface area contributed by atoms with E-state index < -0.39 is 0 Å². The van der Waals surface area contributed by atoms with E-state index in [1.165, 1.54) is 23.5 Å². The highest BCUT2D eigenvalue weighted by molar-refractivity contribution is 7.14. The Bertz CT molecular complexity index is 408. The number of halogens is 1. The number of hydrogen-bond acceptors (Lipinski definition) is 3. The summed E-state index contributed by atoms with van der Waals surface area (Å²) in [7, 11) is 0. The maximum Gasteiger partial charge on any atom is 0.123 e. The van der Waals surface area contributed by atoms with Crippen LogP contribution in [0.25, 0.3) is 11.3 Å². The lowest BCUT2D eigenvalue weighted by Gasteiger charge is -1.97. The molecule has 2 aromatic rings. The average Bonchev–Trinajstić information content (AvgIpc) is 2.53. The summed E-state index contributed by atoms with van der Waals surface area (Å²) < 4.78 is 12.6. The molecule has 0 radical (unpaired) electrons. The number of benzene rings is 1. The molecule has 0 bridgehead atoms. The van der Waals surface area contributed by atoms with Crippen LogP contribution in [0.1, 0.15) is 0 Å². The van der Waals surface area contributed by atoms with Gasteiger partial charge in [-0.25, -0.2) is 9.37 Å². The van der Waals surface area contributed by atoms with E-state index in [4.69, 9.17) is 5.73 Å². The van der Waals surface area contributed by atoms with E-state index in [0.29, 0.717) is 5.00 Å². The highest BCUT2D eigenvalue weighted by Gasteiger charge is 2.04. The first-order chi connectivity index (χ1) is 6.27. The standard InChI is InChI=1S/C9H7FN2S/c10-7-3-1-6(2-4-7)8-9(11)13-5-12-8/h1-5H,11H2. The van der Waals surface area contributed by atoms with Crippen molar-refractivity contribution in [1.29, 1.82) is 0 Å². The van der Waals surface area contributed by atoms with Crippen LogP contribution in [0.4, 0.5) is 9.39 Å². The molecule has 1 heterocycles. The Hall–Kier alpha value is -1.42. The third kappa shape index (κ3) is 1.53. The minimum absolute atomic E-state index is 0.252. The average molecular weight is 194 g/mol. The zero-order valence-corrected chi connectivity index (χ0v) is 7.51. The SMILES string of the molecule is Nc1scnc1-c1ccc(F)cc1. The number of hydrogen-bond donors (Lipinski definition) is 1. The van der Waals surface area contributed by atoms with Gasteiger partial charge in [0.15, 0.2) is 0 Å². The molecule has 4 heteroatoms. The van der Waals surface area contributed by atoms with Crippen LogP contribution < -0.4 is 5.73 Å². The third-order valence-electron chi connectivity index (χ3n) is 1.71. The summed E-state index contributed by atoms with van der Waals surface area (Å²) in [6.07, 6.45) is 0. The molecule has 0 aliphatic carbocycles. The van der Waals surface area contributed by atoms with Crippen molar-refractivity contribution < 1.29 is 4.39 Å². The van der Waals surface area contributed by atoms with Gasteiger partial charge in [-0.3, -0.25) is 0 Å². The van der Waals surface area contributed by atoms with Gasteiger partial charge in [-0.1, -0.05) is 0 Å². The van der Waals surface area contributed by atoms with E-state index in [2.05, 4.69) is 4.98 Å². The summed E-state index contributed by atoms with van der Waals surface area (Å²) in [6, 6.07) is 6.13. The fraction of sp³-hybridized carbons (Fsp3) is 0. The molecule has 0 amide bonds. The van der Waals surface area contributed by atoms with Crippen molar-refractivity contribution in [3.63, 3.8) is 0 Å². The van der Waals surface area contributed by atoms with Gasteiger partial charge in [0.1, 0.15) is 16.5 Å². The number of nitrogens with two attached hydrogens (primary N) is 1. The summed E-state index contributed by atoms with van der Waals surface area (Å²) in [4.78, 5) is 4.09. The smallest absolute Gasteiger partial charge is 0.123 e. The molecule has 2 rings (SSSR count). The van der Waals surface area contributed by atoms with Crippen molar-refractivity contribution in [2.45, 2.75) is 0 Å². The van der Waals surface area contributed by atoms with Gasteiger partial charge < -0.3 is 5.73 Å². The molecular weight excluding hydrogens is 187 g/mol. The number of thiazole rings is 1. The second-order valence-corrected chi connectivity index (χ2v) is 3.46. The van der Waals surface area contributed by atoms with E-state index >= 15 is 0 Å². The molecule has 2 nitrogen and oxygen atoms in total. The first-order valence-corrected chi connectivity index (χ1v) is 4.60. The number of rotatable bonds is 1. The second kappa shape index (κ2) is 3.14. The van der Waals surface area contributed by atoms with Crippen molar-refractivity contribution in [3.8, 4) is 11.3 Å². The van der Waals surface area contributed by atoms with Crippen molar-refractivity contribution in [3.05, 3.63) is 35.6 Å². The molecule has 0 saturated carbocycles.